The zero-order chi connectivity index (χ0) is 19.5. The number of rotatable bonds is 6. The number of hydrogen-bond donors (Lipinski definition) is 1. The Morgan fingerprint density at radius 2 is 2.18 bits per heavy atom. The van der Waals surface area contributed by atoms with Gasteiger partial charge in [0.25, 0.3) is 5.89 Å². The second kappa shape index (κ2) is 7.96. The van der Waals surface area contributed by atoms with E-state index >= 15 is 0 Å². The number of nitrogens with one attached hydrogen (secondary N) is 1. The van der Waals surface area contributed by atoms with E-state index < -0.39 is 0 Å². The van der Waals surface area contributed by atoms with Crippen LogP contribution in [0.15, 0.2) is 34.7 Å². The summed E-state index contributed by atoms with van der Waals surface area (Å²) in [6.07, 6.45) is 3.91. The van der Waals surface area contributed by atoms with E-state index in [1.165, 1.54) is 11.1 Å². The molecule has 0 saturated heterocycles. The largest absolute Gasteiger partial charge is 0.419 e. The third-order valence-corrected chi connectivity index (χ3v) is 5.16. The first-order chi connectivity index (χ1) is 13.6. The van der Waals surface area contributed by atoms with Gasteiger partial charge in [0, 0.05) is 19.4 Å². The van der Waals surface area contributed by atoms with Crippen LogP contribution in [0.3, 0.4) is 0 Å². The molecule has 146 valence electrons. The Morgan fingerprint density at radius 3 is 3.04 bits per heavy atom. The maximum atomic E-state index is 12.5. The summed E-state index contributed by atoms with van der Waals surface area (Å²) in [5, 5.41) is 15.8. The van der Waals surface area contributed by atoms with Gasteiger partial charge in [0.1, 0.15) is 5.69 Å². The van der Waals surface area contributed by atoms with Crippen LogP contribution in [0.2, 0.25) is 0 Å². The van der Waals surface area contributed by atoms with E-state index in [9.17, 15) is 4.79 Å². The van der Waals surface area contributed by atoms with Gasteiger partial charge < -0.3 is 9.73 Å². The highest BCUT2D eigenvalue weighted by molar-refractivity contribution is 5.76. The predicted octanol–water partition coefficient (Wildman–Crippen LogP) is 3.39. The monoisotopic (exact) mass is 379 g/mol. The van der Waals surface area contributed by atoms with Crippen molar-refractivity contribution >= 4 is 5.91 Å². The van der Waals surface area contributed by atoms with Crippen molar-refractivity contribution < 1.29 is 9.21 Å². The molecule has 0 saturated carbocycles. The van der Waals surface area contributed by atoms with Crippen molar-refractivity contribution in [2.24, 2.45) is 0 Å². The summed E-state index contributed by atoms with van der Waals surface area (Å²) in [5.41, 5.74) is 4.29. The van der Waals surface area contributed by atoms with Crippen molar-refractivity contribution in [3.05, 3.63) is 53.0 Å². The molecule has 0 aliphatic heterocycles. The van der Waals surface area contributed by atoms with E-state index in [-0.39, 0.29) is 11.9 Å². The molecule has 28 heavy (non-hydrogen) atoms. The number of carbonyl (C=O) groups is 1. The number of aromatic nitrogens is 4. The molecular weight excluding hydrogens is 354 g/mol. The van der Waals surface area contributed by atoms with Crippen LogP contribution in [-0.2, 0) is 24.2 Å². The lowest BCUT2D eigenvalue weighted by atomic mass is 9.87. The van der Waals surface area contributed by atoms with Crippen LogP contribution in [0, 0.1) is 6.92 Å². The van der Waals surface area contributed by atoms with Gasteiger partial charge in [-0.3, -0.25) is 9.48 Å². The lowest BCUT2D eigenvalue weighted by Gasteiger charge is -2.26. The zero-order valence-electron chi connectivity index (χ0n) is 16.3. The molecular formula is C21H25N5O2. The first-order valence-corrected chi connectivity index (χ1v) is 9.88. The lowest BCUT2D eigenvalue weighted by molar-refractivity contribution is -0.122. The fraction of sp³-hybridized carbons (Fsp3) is 0.429. The molecule has 7 heteroatoms. The third kappa shape index (κ3) is 3.83. The number of aryl methyl sites for hydroxylation is 4. The fourth-order valence-electron chi connectivity index (χ4n) is 3.81. The first kappa shape index (κ1) is 18.4. The van der Waals surface area contributed by atoms with Crippen LogP contribution in [0.5, 0.6) is 0 Å². The topological polar surface area (TPSA) is 85.8 Å². The predicted molar refractivity (Wildman–Crippen MR) is 105 cm³/mol. The standard InChI is InChI=1S/C21H25N5O2/c1-3-26-18(13-14(2)25-26)21-24-23-20(28-21)12-11-19(27)22-17-10-6-8-15-7-4-5-9-16(15)17/h4-5,7,9,13,17H,3,6,8,10-12H2,1-2H3,(H,22,27). The number of hydrogen-bond acceptors (Lipinski definition) is 5. The van der Waals surface area contributed by atoms with Gasteiger partial charge in [0.15, 0.2) is 0 Å². The second-order valence-electron chi connectivity index (χ2n) is 7.20. The van der Waals surface area contributed by atoms with Gasteiger partial charge in [-0.1, -0.05) is 24.3 Å². The minimum Gasteiger partial charge on any atom is -0.419 e. The number of carbonyl (C=O) groups excluding carboxylic acids is 1. The molecule has 2 aromatic heterocycles. The molecule has 0 radical (unpaired) electrons. The fourth-order valence-corrected chi connectivity index (χ4v) is 3.81. The van der Waals surface area contributed by atoms with Crippen molar-refractivity contribution in [1.29, 1.82) is 0 Å². The molecule has 1 aromatic carbocycles. The van der Waals surface area contributed by atoms with Gasteiger partial charge in [0.2, 0.25) is 11.8 Å². The summed E-state index contributed by atoms with van der Waals surface area (Å²) >= 11 is 0. The first-order valence-electron chi connectivity index (χ1n) is 9.88. The van der Waals surface area contributed by atoms with Crippen molar-refractivity contribution in [3.63, 3.8) is 0 Å². The Hall–Kier alpha value is -2.96. The SMILES string of the molecule is CCn1nc(C)cc1-c1nnc(CCC(=O)NC2CCCc3ccccc32)o1. The summed E-state index contributed by atoms with van der Waals surface area (Å²) in [6.45, 7) is 4.67. The highest BCUT2D eigenvalue weighted by Crippen LogP contribution is 2.29. The molecule has 1 aliphatic carbocycles. The maximum absolute atomic E-state index is 12.5. The molecule has 0 spiro atoms. The van der Waals surface area contributed by atoms with Gasteiger partial charge in [-0.25, -0.2) is 0 Å². The highest BCUT2D eigenvalue weighted by atomic mass is 16.4. The third-order valence-electron chi connectivity index (χ3n) is 5.16. The Bertz CT molecular complexity index is 975. The van der Waals surface area contributed by atoms with Crippen LogP contribution in [0.25, 0.3) is 11.6 Å². The number of fused-ring (bicyclic) bond motifs is 1. The average Bonchev–Trinajstić information content (AvgIpc) is 3.32. The van der Waals surface area contributed by atoms with Gasteiger partial charge in [-0.05, 0) is 50.3 Å². The van der Waals surface area contributed by atoms with E-state index in [0.29, 0.717) is 24.6 Å². The molecule has 1 N–H and O–H groups in total. The summed E-state index contributed by atoms with van der Waals surface area (Å²) in [7, 11) is 0. The van der Waals surface area contributed by atoms with Crippen LogP contribution in [0.4, 0.5) is 0 Å². The van der Waals surface area contributed by atoms with Crippen molar-refractivity contribution in [1.82, 2.24) is 25.3 Å². The molecule has 4 rings (SSSR count). The smallest absolute Gasteiger partial charge is 0.265 e. The molecule has 3 aromatic rings. The van der Waals surface area contributed by atoms with Crippen molar-refractivity contribution in [2.75, 3.05) is 0 Å². The molecule has 1 amide bonds. The normalized spacial score (nSPS) is 16.0. The van der Waals surface area contributed by atoms with Crippen LogP contribution >= 0.6 is 0 Å². The molecule has 1 unspecified atom stereocenters. The lowest BCUT2D eigenvalue weighted by Crippen LogP contribution is -2.31. The van der Waals surface area contributed by atoms with Crippen LogP contribution < -0.4 is 5.32 Å². The highest BCUT2D eigenvalue weighted by Gasteiger charge is 2.21. The average molecular weight is 379 g/mol. The number of nitrogens with zero attached hydrogens (tertiary/aromatic N) is 4. The van der Waals surface area contributed by atoms with Crippen molar-refractivity contribution in [2.45, 2.75) is 58.5 Å². The van der Waals surface area contributed by atoms with Crippen molar-refractivity contribution in [3.8, 4) is 11.6 Å². The van der Waals surface area contributed by atoms with E-state index in [1.807, 2.05) is 30.7 Å². The second-order valence-corrected chi connectivity index (χ2v) is 7.20. The van der Waals surface area contributed by atoms with Gasteiger partial charge in [-0.15, -0.1) is 10.2 Å². The number of amides is 1. The Kier molecular flexibility index (Phi) is 5.23. The van der Waals surface area contributed by atoms with E-state index in [0.717, 1.165) is 37.2 Å². The molecule has 7 nitrogen and oxygen atoms in total. The van der Waals surface area contributed by atoms with E-state index in [1.54, 1.807) is 0 Å². The summed E-state index contributed by atoms with van der Waals surface area (Å²) < 4.78 is 7.59. The molecule has 0 bridgehead atoms. The Labute approximate surface area is 164 Å². The minimum atomic E-state index is 0.0101. The zero-order valence-corrected chi connectivity index (χ0v) is 16.3. The molecule has 2 heterocycles. The van der Waals surface area contributed by atoms with Crippen LogP contribution in [-0.4, -0.2) is 25.9 Å². The molecule has 1 aliphatic rings. The van der Waals surface area contributed by atoms with Gasteiger partial charge in [-0.2, -0.15) is 5.10 Å². The minimum absolute atomic E-state index is 0.0101. The van der Waals surface area contributed by atoms with Crippen LogP contribution in [0.1, 0.15) is 54.9 Å². The molecule has 0 fully saturated rings. The Morgan fingerprint density at radius 1 is 1.32 bits per heavy atom. The van der Waals surface area contributed by atoms with Gasteiger partial charge in [0.05, 0.1) is 11.7 Å². The van der Waals surface area contributed by atoms with E-state index in [2.05, 4.69) is 38.8 Å². The van der Waals surface area contributed by atoms with Gasteiger partial charge >= 0.3 is 0 Å². The Balaban J connectivity index is 1.37. The summed E-state index contributed by atoms with van der Waals surface area (Å²) in [5.74, 6) is 0.922. The summed E-state index contributed by atoms with van der Waals surface area (Å²) in [4.78, 5) is 12.5. The number of benzene rings is 1. The van der Waals surface area contributed by atoms with E-state index in [4.69, 9.17) is 4.42 Å². The maximum Gasteiger partial charge on any atom is 0.265 e. The summed E-state index contributed by atoms with van der Waals surface area (Å²) in [6, 6.07) is 10.4. The quantitative estimate of drug-likeness (QED) is 0.709. The molecule has 1 atom stereocenters.